The zero-order valence-electron chi connectivity index (χ0n) is 15.4. The number of benzene rings is 1. The number of rotatable bonds is 5. The van der Waals surface area contributed by atoms with Crippen molar-refractivity contribution in [1.82, 2.24) is 0 Å². The third-order valence-electron chi connectivity index (χ3n) is 3.59. The molecule has 22 heavy (non-hydrogen) atoms. The number of hydrogen-bond donors (Lipinski definition) is 0. The Morgan fingerprint density at radius 3 is 2.18 bits per heavy atom. The molecule has 0 aliphatic heterocycles. The molecule has 2 rings (SSSR count). The molecule has 1 heteroatoms. The molecule has 0 bridgehead atoms. The standard InChI is InChI=1S/C17H22O.2C2H6/c1-3-14(2)16-9-11-17(12-10-16)18-13-15-7-5-4-6-8-15;2*1-2/h4-5,7,9-12,14H,3,6,8,13H2,1-2H3;2*1-2H3. The molecule has 0 fully saturated rings. The first-order chi connectivity index (χ1) is 10.8. The molecular formula is C21H34O. The molecule has 0 radical (unpaired) electrons. The van der Waals surface area contributed by atoms with E-state index >= 15 is 0 Å². The van der Waals surface area contributed by atoms with Crippen molar-refractivity contribution in [3.8, 4) is 5.75 Å². The predicted molar refractivity (Wildman–Crippen MR) is 99.8 cm³/mol. The second-order valence-electron chi connectivity index (χ2n) is 4.96. The van der Waals surface area contributed by atoms with E-state index in [2.05, 4.69) is 56.3 Å². The van der Waals surface area contributed by atoms with Gasteiger partial charge in [0.1, 0.15) is 12.4 Å². The molecule has 0 heterocycles. The highest BCUT2D eigenvalue weighted by Gasteiger charge is 2.04. The zero-order chi connectivity index (χ0) is 16.8. The number of allylic oxidation sites excluding steroid dienone is 3. The SMILES string of the molecule is CC.CC.CCC(C)c1ccc(OCC2=CC=CCC2)cc1. The van der Waals surface area contributed by atoms with Crippen LogP contribution in [0, 0.1) is 0 Å². The third kappa shape index (κ3) is 7.49. The summed E-state index contributed by atoms with van der Waals surface area (Å²) in [6.45, 7) is 13.2. The van der Waals surface area contributed by atoms with E-state index in [0.717, 1.165) is 18.6 Å². The van der Waals surface area contributed by atoms with Gasteiger partial charge in [0.15, 0.2) is 0 Å². The minimum Gasteiger partial charge on any atom is -0.489 e. The molecule has 0 aromatic heterocycles. The van der Waals surface area contributed by atoms with Gasteiger partial charge in [-0.05, 0) is 48.4 Å². The summed E-state index contributed by atoms with van der Waals surface area (Å²) >= 11 is 0. The summed E-state index contributed by atoms with van der Waals surface area (Å²) in [6, 6.07) is 8.53. The Morgan fingerprint density at radius 1 is 1.05 bits per heavy atom. The van der Waals surface area contributed by atoms with Crippen molar-refractivity contribution in [3.05, 3.63) is 53.6 Å². The molecule has 0 saturated heterocycles. The van der Waals surface area contributed by atoms with Crippen LogP contribution >= 0.6 is 0 Å². The van der Waals surface area contributed by atoms with Gasteiger partial charge in [0, 0.05) is 0 Å². The molecule has 1 unspecified atom stereocenters. The molecule has 1 aromatic carbocycles. The maximum absolute atomic E-state index is 5.81. The minimum atomic E-state index is 0.630. The Bertz CT molecular complexity index is 426. The maximum Gasteiger partial charge on any atom is 0.119 e. The largest absolute Gasteiger partial charge is 0.489 e. The fourth-order valence-electron chi connectivity index (χ4n) is 2.08. The lowest BCUT2D eigenvalue weighted by Crippen LogP contribution is -2.02. The van der Waals surface area contributed by atoms with Crippen molar-refractivity contribution in [1.29, 1.82) is 0 Å². The van der Waals surface area contributed by atoms with E-state index in [0.29, 0.717) is 12.5 Å². The first-order valence-corrected chi connectivity index (χ1v) is 8.87. The van der Waals surface area contributed by atoms with Crippen molar-refractivity contribution in [2.45, 2.75) is 66.7 Å². The summed E-state index contributed by atoms with van der Waals surface area (Å²) in [5, 5.41) is 0. The van der Waals surface area contributed by atoms with Gasteiger partial charge in [0.25, 0.3) is 0 Å². The fraction of sp³-hybridized carbons (Fsp3) is 0.524. The average molecular weight is 303 g/mol. The van der Waals surface area contributed by atoms with Crippen LogP contribution in [0.1, 0.15) is 72.3 Å². The van der Waals surface area contributed by atoms with Crippen LogP contribution in [0.25, 0.3) is 0 Å². The van der Waals surface area contributed by atoms with Crippen molar-refractivity contribution in [2.24, 2.45) is 0 Å². The van der Waals surface area contributed by atoms with Crippen LogP contribution in [0.15, 0.2) is 48.1 Å². The van der Waals surface area contributed by atoms with E-state index in [9.17, 15) is 0 Å². The number of ether oxygens (including phenoxy) is 1. The Balaban J connectivity index is 0.00000102. The highest BCUT2D eigenvalue weighted by molar-refractivity contribution is 5.30. The van der Waals surface area contributed by atoms with Gasteiger partial charge in [-0.2, -0.15) is 0 Å². The summed E-state index contributed by atoms with van der Waals surface area (Å²) in [5.41, 5.74) is 2.77. The average Bonchev–Trinajstić information content (AvgIpc) is 2.64. The summed E-state index contributed by atoms with van der Waals surface area (Å²) < 4.78 is 5.81. The molecule has 0 spiro atoms. The van der Waals surface area contributed by atoms with Crippen molar-refractivity contribution in [3.63, 3.8) is 0 Å². The van der Waals surface area contributed by atoms with E-state index < -0.39 is 0 Å². The van der Waals surface area contributed by atoms with E-state index in [1.54, 1.807) is 0 Å². The topological polar surface area (TPSA) is 9.23 Å². The summed E-state index contributed by atoms with van der Waals surface area (Å²) in [4.78, 5) is 0. The van der Waals surface area contributed by atoms with Gasteiger partial charge in [-0.3, -0.25) is 0 Å². The van der Waals surface area contributed by atoms with Crippen LogP contribution in [-0.4, -0.2) is 6.61 Å². The zero-order valence-corrected chi connectivity index (χ0v) is 15.4. The van der Waals surface area contributed by atoms with Crippen LogP contribution in [0.4, 0.5) is 0 Å². The van der Waals surface area contributed by atoms with Gasteiger partial charge in [-0.1, -0.05) is 71.9 Å². The molecule has 1 nitrogen and oxygen atoms in total. The van der Waals surface area contributed by atoms with Crippen molar-refractivity contribution < 1.29 is 4.74 Å². The smallest absolute Gasteiger partial charge is 0.119 e. The van der Waals surface area contributed by atoms with Crippen molar-refractivity contribution >= 4 is 0 Å². The lowest BCUT2D eigenvalue weighted by Gasteiger charge is -2.13. The van der Waals surface area contributed by atoms with E-state index in [-0.39, 0.29) is 0 Å². The predicted octanol–water partition coefficient (Wildman–Crippen LogP) is 6.91. The summed E-state index contributed by atoms with van der Waals surface area (Å²) in [6.07, 6.45) is 9.93. The molecule has 1 aromatic rings. The first-order valence-electron chi connectivity index (χ1n) is 8.87. The Morgan fingerprint density at radius 2 is 1.68 bits per heavy atom. The van der Waals surface area contributed by atoms with E-state index in [1.165, 1.54) is 17.6 Å². The molecule has 0 saturated carbocycles. The van der Waals surface area contributed by atoms with Gasteiger partial charge >= 0.3 is 0 Å². The Hall–Kier alpha value is -1.50. The highest BCUT2D eigenvalue weighted by Crippen LogP contribution is 2.22. The highest BCUT2D eigenvalue weighted by atomic mass is 16.5. The monoisotopic (exact) mass is 302 g/mol. The lowest BCUT2D eigenvalue weighted by atomic mass is 9.99. The summed E-state index contributed by atoms with van der Waals surface area (Å²) in [7, 11) is 0. The van der Waals surface area contributed by atoms with Gasteiger partial charge in [0.05, 0.1) is 0 Å². The van der Waals surface area contributed by atoms with Crippen LogP contribution in [0.5, 0.6) is 5.75 Å². The molecule has 1 atom stereocenters. The van der Waals surface area contributed by atoms with Gasteiger partial charge in [0.2, 0.25) is 0 Å². The second kappa shape index (κ2) is 13.2. The number of hydrogen-bond acceptors (Lipinski definition) is 1. The Labute approximate surface area is 138 Å². The molecule has 0 amide bonds. The van der Waals surface area contributed by atoms with Gasteiger partial charge in [-0.25, -0.2) is 0 Å². The fourth-order valence-corrected chi connectivity index (χ4v) is 2.08. The van der Waals surface area contributed by atoms with Crippen LogP contribution in [0.2, 0.25) is 0 Å². The van der Waals surface area contributed by atoms with E-state index in [4.69, 9.17) is 4.74 Å². The molecule has 1 aliphatic rings. The third-order valence-corrected chi connectivity index (χ3v) is 3.59. The lowest BCUT2D eigenvalue weighted by molar-refractivity contribution is 0.347. The quantitative estimate of drug-likeness (QED) is 0.574. The van der Waals surface area contributed by atoms with Crippen molar-refractivity contribution in [2.75, 3.05) is 6.61 Å². The molecular weight excluding hydrogens is 268 g/mol. The normalized spacial score (nSPS) is 13.8. The Kier molecular flexibility index (Phi) is 12.3. The first kappa shape index (κ1) is 20.5. The van der Waals surface area contributed by atoms with E-state index in [1.807, 2.05) is 27.7 Å². The van der Waals surface area contributed by atoms with Crippen LogP contribution in [-0.2, 0) is 0 Å². The maximum atomic E-state index is 5.81. The molecule has 1 aliphatic carbocycles. The molecule has 124 valence electrons. The molecule has 0 N–H and O–H groups in total. The van der Waals surface area contributed by atoms with Gasteiger partial charge in [-0.15, -0.1) is 0 Å². The van der Waals surface area contributed by atoms with Gasteiger partial charge < -0.3 is 4.74 Å². The second-order valence-corrected chi connectivity index (χ2v) is 4.96. The van der Waals surface area contributed by atoms with Crippen LogP contribution in [0.3, 0.4) is 0 Å². The van der Waals surface area contributed by atoms with Crippen LogP contribution < -0.4 is 4.74 Å². The minimum absolute atomic E-state index is 0.630. The summed E-state index contributed by atoms with van der Waals surface area (Å²) in [5.74, 6) is 1.60.